The molecular weight excluding hydrogens is 308 g/mol. The first kappa shape index (κ1) is 15.7. The molecule has 1 atom stereocenters. The van der Waals surface area contributed by atoms with Crippen LogP contribution in [0.4, 0.5) is 5.69 Å². The summed E-state index contributed by atoms with van der Waals surface area (Å²) in [6.45, 7) is 3.25. The second-order valence-electron chi connectivity index (χ2n) is 5.97. The molecule has 3 rings (SSSR count). The molecule has 4 nitrogen and oxygen atoms in total. The van der Waals surface area contributed by atoms with E-state index in [0.717, 1.165) is 10.6 Å². The van der Waals surface area contributed by atoms with Gasteiger partial charge >= 0.3 is 0 Å². The van der Waals surface area contributed by atoms with Crippen LogP contribution in [-0.4, -0.2) is 24.9 Å². The van der Waals surface area contributed by atoms with Crippen LogP contribution in [0.15, 0.2) is 41.8 Å². The SMILES string of the molecule is Cc1ccc(N2C[C@@H](CNC(=O)Cc3cccs3)CC2=O)cc1. The lowest BCUT2D eigenvalue weighted by molar-refractivity contribution is -0.121. The summed E-state index contributed by atoms with van der Waals surface area (Å²) in [4.78, 5) is 27.0. The topological polar surface area (TPSA) is 49.4 Å². The normalized spacial score (nSPS) is 17.5. The minimum atomic E-state index is 0.0219. The molecule has 0 radical (unpaired) electrons. The Labute approximate surface area is 140 Å². The molecule has 1 aliphatic heterocycles. The Balaban J connectivity index is 1.51. The van der Waals surface area contributed by atoms with E-state index in [2.05, 4.69) is 5.32 Å². The number of nitrogens with zero attached hydrogens (tertiary/aromatic N) is 1. The standard InChI is InChI=1S/C18H20N2O2S/c1-13-4-6-15(7-5-13)20-12-14(9-18(20)22)11-19-17(21)10-16-3-2-8-23-16/h2-8,14H,9-12H2,1H3,(H,19,21)/t14-/m1/s1. The number of hydrogen-bond donors (Lipinski definition) is 1. The van der Waals surface area contributed by atoms with Crippen LogP contribution in [-0.2, 0) is 16.0 Å². The molecule has 23 heavy (non-hydrogen) atoms. The summed E-state index contributed by atoms with van der Waals surface area (Å²) in [6, 6.07) is 11.9. The van der Waals surface area contributed by atoms with Crippen LogP contribution in [0.5, 0.6) is 0 Å². The summed E-state index contributed by atoms with van der Waals surface area (Å²) in [5.74, 6) is 0.330. The molecule has 2 aromatic rings. The number of nitrogens with one attached hydrogen (secondary N) is 1. The lowest BCUT2D eigenvalue weighted by Crippen LogP contribution is -2.32. The zero-order valence-electron chi connectivity index (χ0n) is 13.1. The molecule has 1 N–H and O–H groups in total. The van der Waals surface area contributed by atoms with Crippen LogP contribution in [0.25, 0.3) is 0 Å². The van der Waals surface area contributed by atoms with Crippen molar-refractivity contribution in [1.82, 2.24) is 5.32 Å². The lowest BCUT2D eigenvalue weighted by Gasteiger charge is -2.17. The van der Waals surface area contributed by atoms with Gasteiger partial charge in [-0.05, 0) is 30.5 Å². The first-order chi connectivity index (χ1) is 11.1. The fourth-order valence-electron chi connectivity index (χ4n) is 2.78. The van der Waals surface area contributed by atoms with Crippen LogP contribution < -0.4 is 10.2 Å². The highest BCUT2D eigenvalue weighted by atomic mass is 32.1. The quantitative estimate of drug-likeness (QED) is 0.917. The van der Waals surface area contributed by atoms with Crippen LogP contribution in [0.1, 0.15) is 16.9 Å². The molecule has 120 valence electrons. The predicted molar refractivity (Wildman–Crippen MR) is 92.7 cm³/mol. The van der Waals surface area contributed by atoms with E-state index in [1.54, 1.807) is 11.3 Å². The van der Waals surface area contributed by atoms with Crippen LogP contribution in [0, 0.1) is 12.8 Å². The van der Waals surface area contributed by atoms with E-state index in [4.69, 9.17) is 0 Å². The Bertz CT molecular complexity index is 680. The Morgan fingerprint density at radius 3 is 2.78 bits per heavy atom. The zero-order chi connectivity index (χ0) is 16.2. The number of benzene rings is 1. The Hall–Kier alpha value is -2.14. The highest BCUT2D eigenvalue weighted by Gasteiger charge is 2.30. The van der Waals surface area contributed by atoms with Gasteiger partial charge in [0.2, 0.25) is 11.8 Å². The molecule has 2 heterocycles. The molecule has 1 aliphatic rings. The van der Waals surface area contributed by atoms with Crippen molar-refractivity contribution in [2.75, 3.05) is 18.0 Å². The Morgan fingerprint density at radius 2 is 2.09 bits per heavy atom. The van der Waals surface area contributed by atoms with Gasteiger partial charge in [-0.15, -0.1) is 11.3 Å². The van der Waals surface area contributed by atoms with Crippen molar-refractivity contribution < 1.29 is 9.59 Å². The molecular formula is C18H20N2O2S. The number of anilines is 1. The second-order valence-corrected chi connectivity index (χ2v) is 7.00. The van der Waals surface area contributed by atoms with E-state index in [0.29, 0.717) is 25.9 Å². The number of aryl methyl sites for hydroxylation is 1. The minimum absolute atomic E-state index is 0.0219. The summed E-state index contributed by atoms with van der Waals surface area (Å²) in [5, 5.41) is 4.92. The van der Waals surface area contributed by atoms with Crippen molar-refractivity contribution in [3.8, 4) is 0 Å². The fourth-order valence-corrected chi connectivity index (χ4v) is 3.49. The van der Waals surface area contributed by atoms with Crippen molar-refractivity contribution in [2.45, 2.75) is 19.8 Å². The average Bonchev–Trinajstić information content (AvgIpc) is 3.16. The van der Waals surface area contributed by atoms with Gasteiger partial charge in [0.1, 0.15) is 0 Å². The van der Waals surface area contributed by atoms with E-state index in [1.807, 2.05) is 53.6 Å². The summed E-state index contributed by atoms with van der Waals surface area (Å²) < 4.78 is 0. The third-order valence-corrected chi connectivity index (χ3v) is 4.93. The maximum atomic E-state index is 12.2. The maximum absolute atomic E-state index is 12.2. The van der Waals surface area contributed by atoms with Crippen molar-refractivity contribution in [1.29, 1.82) is 0 Å². The van der Waals surface area contributed by atoms with Gasteiger partial charge in [0.25, 0.3) is 0 Å². The number of carbonyl (C=O) groups is 2. The largest absolute Gasteiger partial charge is 0.355 e. The molecule has 0 aliphatic carbocycles. The average molecular weight is 328 g/mol. The second kappa shape index (κ2) is 6.96. The highest BCUT2D eigenvalue weighted by Crippen LogP contribution is 2.25. The summed E-state index contributed by atoms with van der Waals surface area (Å²) in [7, 11) is 0. The molecule has 1 fully saturated rings. The summed E-state index contributed by atoms with van der Waals surface area (Å²) in [6.07, 6.45) is 0.910. The molecule has 2 amide bonds. The van der Waals surface area contributed by atoms with Crippen molar-refractivity contribution >= 4 is 28.8 Å². The van der Waals surface area contributed by atoms with E-state index >= 15 is 0 Å². The molecule has 0 spiro atoms. The molecule has 1 aromatic heterocycles. The summed E-state index contributed by atoms with van der Waals surface area (Å²) >= 11 is 1.59. The van der Waals surface area contributed by atoms with Crippen LogP contribution >= 0.6 is 11.3 Å². The van der Waals surface area contributed by atoms with Crippen molar-refractivity contribution in [3.63, 3.8) is 0 Å². The number of rotatable bonds is 5. The van der Waals surface area contributed by atoms with Gasteiger partial charge in [0.05, 0.1) is 6.42 Å². The molecule has 0 bridgehead atoms. The van der Waals surface area contributed by atoms with Crippen molar-refractivity contribution in [2.24, 2.45) is 5.92 Å². The Morgan fingerprint density at radius 1 is 1.30 bits per heavy atom. The third-order valence-electron chi connectivity index (χ3n) is 4.05. The van der Waals surface area contributed by atoms with E-state index < -0.39 is 0 Å². The van der Waals surface area contributed by atoms with Gasteiger partial charge in [-0.1, -0.05) is 23.8 Å². The lowest BCUT2D eigenvalue weighted by atomic mass is 10.1. The van der Waals surface area contributed by atoms with Gasteiger partial charge in [0.15, 0.2) is 0 Å². The Kier molecular flexibility index (Phi) is 4.76. The van der Waals surface area contributed by atoms with Gasteiger partial charge in [-0.2, -0.15) is 0 Å². The number of hydrogen-bond acceptors (Lipinski definition) is 3. The molecule has 0 saturated carbocycles. The monoisotopic (exact) mass is 328 g/mol. The maximum Gasteiger partial charge on any atom is 0.227 e. The molecule has 0 unspecified atom stereocenters. The molecule has 1 saturated heterocycles. The zero-order valence-corrected chi connectivity index (χ0v) is 13.9. The van der Waals surface area contributed by atoms with Crippen LogP contribution in [0.2, 0.25) is 0 Å². The number of carbonyl (C=O) groups excluding carboxylic acids is 2. The third kappa shape index (κ3) is 3.99. The highest BCUT2D eigenvalue weighted by molar-refractivity contribution is 7.10. The van der Waals surface area contributed by atoms with Crippen LogP contribution in [0.3, 0.4) is 0 Å². The molecule has 1 aromatic carbocycles. The first-order valence-corrected chi connectivity index (χ1v) is 8.66. The smallest absolute Gasteiger partial charge is 0.227 e. The summed E-state index contributed by atoms with van der Waals surface area (Å²) in [5.41, 5.74) is 2.12. The number of thiophene rings is 1. The van der Waals surface area contributed by atoms with Crippen molar-refractivity contribution in [3.05, 3.63) is 52.2 Å². The molecule has 5 heteroatoms. The van der Waals surface area contributed by atoms with Gasteiger partial charge in [-0.25, -0.2) is 0 Å². The van der Waals surface area contributed by atoms with E-state index in [1.165, 1.54) is 5.56 Å². The number of amides is 2. The minimum Gasteiger partial charge on any atom is -0.355 e. The van der Waals surface area contributed by atoms with Gasteiger partial charge in [-0.3, -0.25) is 9.59 Å². The van der Waals surface area contributed by atoms with E-state index in [9.17, 15) is 9.59 Å². The van der Waals surface area contributed by atoms with Gasteiger partial charge < -0.3 is 10.2 Å². The first-order valence-electron chi connectivity index (χ1n) is 7.78. The predicted octanol–water partition coefficient (Wildman–Crippen LogP) is 2.77. The van der Waals surface area contributed by atoms with Gasteiger partial charge in [0, 0.05) is 36.0 Å². The van der Waals surface area contributed by atoms with E-state index in [-0.39, 0.29) is 17.7 Å². The fraction of sp³-hybridized carbons (Fsp3) is 0.333.